The van der Waals surface area contributed by atoms with Gasteiger partial charge in [0.25, 0.3) is 0 Å². The average molecular weight is 244 g/mol. The van der Waals surface area contributed by atoms with Crippen molar-refractivity contribution in [3.05, 3.63) is 29.1 Å². The van der Waals surface area contributed by atoms with Gasteiger partial charge in [0, 0.05) is 11.8 Å². The highest BCUT2D eigenvalue weighted by atomic mass is 32.2. The summed E-state index contributed by atoms with van der Waals surface area (Å²) in [5.74, 6) is -0.537. The number of aryl methyl sites for hydroxylation is 1. The monoisotopic (exact) mass is 244 g/mol. The molecule has 0 heterocycles. The first-order chi connectivity index (χ1) is 7.24. The number of aliphatic hydroxyl groups is 1. The van der Waals surface area contributed by atoms with Crippen molar-refractivity contribution in [2.45, 2.75) is 30.3 Å². The van der Waals surface area contributed by atoms with Crippen LogP contribution < -0.4 is 0 Å². The maximum Gasteiger partial charge on any atom is 0.175 e. The lowest BCUT2D eigenvalue weighted by Gasteiger charge is -2.13. The Labute approximate surface area is 93.8 Å². The second-order valence-corrected chi connectivity index (χ2v) is 6.39. The molecule has 0 radical (unpaired) electrons. The van der Waals surface area contributed by atoms with Crippen LogP contribution in [0.25, 0.3) is 0 Å². The third-order valence-electron chi connectivity index (χ3n) is 2.89. The number of hydrogen-bond acceptors (Lipinski definition) is 3. The van der Waals surface area contributed by atoms with Gasteiger partial charge in [-0.25, -0.2) is 12.8 Å². The number of benzene rings is 1. The first kappa shape index (κ1) is 11.5. The largest absolute Gasteiger partial charge is 0.385 e. The summed E-state index contributed by atoms with van der Waals surface area (Å²) < 4.78 is 36.5. The van der Waals surface area contributed by atoms with Crippen LogP contribution in [-0.4, -0.2) is 19.8 Å². The Balaban J connectivity index is 2.65. The van der Waals surface area contributed by atoms with Crippen molar-refractivity contribution in [2.75, 3.05) is 6.26 Å². The molecule has 0 atom stereocenters. The molecule has 0 amide bonds. The van der Waals surface area contributed by atoms with E-state index in [4.69, 9.17) is 0 Å². The molecule has 0 aromatic heterocycles. The van der Waals surface area contributed by atoms with Crippen molar-refractivity contribution in [1.29, 1.82) is 0 Å². The van der Waals surface area contributed by atoms with Crippen molar-refractivity contribution in [3.63, 3.8) is 0 Å². The van der Waals surface area contributed by atoms with E-state index in [1.165, 1.54) is 12.1 Å². The Bertz CT molecular complexity index is 545. The zero-order valence-electron chi connectivity index (χ0n) is 9.12. The molecule has 1 aliphatic carbocycles. The molecule has 0 unspecified atom stereocenters. The third-order valence-corrected chi connectivity index (χ3v) is 4.13. The van der Waals surface area contributed by atoms with Crippen LogP contribution >= 0.6 is 0 Å². The normalized spacial score (nSPS) is 18.5. The zero-order chi connectivity index (χ0) is 12.1. The van der Waals surface area contributed by atoms with E-state index in [0.717, 1.165) is 6.26 Å². The van der Waals surface area contributed by atoms with Gasteiger partial charge in [-0.05, 0) is 37.5 Å². The predicted octanol–water partition coefficient (Wildman–Crippen LogP) is 1.52. The third kappa shape index (κ3) is 1.85. The van der Waals surface area contributed by atoms with Crippen LogP contribution in [0, 0.1) is 12.7 Å². The SMILES string of the molecule is Cc1cc(F)c(C2(O)CC2)cc1S(C)(=O)=O. The Morgan fingerprint density at radius 1 is 1.38 bits per heavy atom. The smallest absolute Gasteiger partial charge is 0.175 e. The predicted molar refractivity (Wildman–Crippen MR) is 57.4 cm³/mol. The first-order valence-corrected chi connectivity index (χ1v) is 6.86. The highest BCUT2D eigenvalue weighted by Gasteiger charge is 2.44. The van der Waals surface area contributed by atoms with E-state index < -0.39 is 21.3 Å². The zero-order valence-corrected chi connectivity index (χ0v) is 9.94. The molecule has 1 aliphatic rings. The lowest BCUT2D eigenvalue weighted by Crippen LogP contribution is -2.11. The van der Waals surface area contributed by atoms with Crippen LogP contribution in [0.3, 0.4) is 0 Å². The van der Waals surface area contributed by atoms with Crippen molar-refractivity contribution in [1.82, 2.24) is 0 Å². The molecular weight excluding hydrogens is 231 g/mol. The summed E-state index contributed by atoms with van der Waals surface area (Å²) in [5, 5.41) is 9.83. The van der Waals surface area contributed by atoms with E-state index in [0.29, 0.717) is 18.4 Å². The molecule has 5 heteroatoms. The maximum absolute atomic E-state index is 13.6. The van der Waals surface area contributed by atoms with Crippen LogP contribution in [0.15, 0.2) is 17.0 Å². The van der Waals surface area contributed by atoms with E-state index in [2.05, 4.69) is 0 Å². The van der Waals surface area contributed by atoms with Gasteiger partial charge in [0.1, 0.15) is 5.82 Å². The molecule has 1 aromatic carbocycles. The number of halogens is 1. The lowest BCUT2D eigenvalue weighted by atomic mass is 10.1. The van der Waals surface area contributed by atoms with Crippen molar-refractivity contribution < 1.29 is 17.9 Å². The lowest BCUT2D eigenvalue weighted by molar-refractivity contribution is 0.146. The number of hydrogen-bond donors (Lipinski definition) is 1. The number of sulfone groups is 1. The molecule has 3 nitrogen and oxygen atoms in total. The molecule has 0 aliphatic heterocycles. The molecule has 1 aromatic rings. The van der Waals surface area contributed by atoms with Crippen LogP contribution in [0.2, 0.25) is 0 Å². The standard InChI is InChI=1S/C11H13FO3S/c1-7-5-9(12)8(11(13)3-4-11)6-10(7)16(2,14)15/h5-6,13H,3-4H2,1-2H3. The topological polar surface area (TPSA) is 54.4 Å². The van der Waals surface area contributed by atoms with Crippen LogP contribution in [-0.2, 0) is 15.4 Å². The molecule has 1 fully saturated rings. The van der Waals surface area contributed by atoms with E-state index in [1.807, 2.05) is 0 Å². The van der Waals surface area contributed by atoms with Crippen LogP contribution in [0.4, 0.5) is 4.39 Å². The molecule has 1 saturated carbocycles. The summed E-state index contributed by atoms with van der Waals surface area (Å²) in [5.41, 5.74) is -0.691. The van der Waals surface area contributed by atoms with Gasteiger partial charge in [0.05, 0.1) is 10.5 Å². The Kier molecular flexibility index (Phi) is 2.36. The molecule has 0 bridgehead atoms. The van der Waals surface area contributed by atoms with Gasteiger partial charge < -0.3 is 5.11 Å². The molecule has 88 valence electrons. The van der Waals surface area contributed by atoms with Gasteiger partial charge in [0.2, 0.25) is 0 Å². The van der Waals surface area contributed by atoms with Crippen molar-refractivity contribution in [3.8, 4) is 0 Å². The van der Waals surface area contributed by atoms with E-state index in [9.17, 15) is 17.9 Å². The summed E-state index contributed by atoms with van der Waals surface area (Å²) in [6, 6.07) is 2.43. The summed E-state index contributed by atoms with van der Waals surface area (Å²) in [6.45, 7) is 1.54. The first-order valence-electron chi connectivity index (χ1n) is 4.97. The fourth-order valence-electron chi connectivity index (χ4n) is 1.80. The van der Waals surface area contributed by atoms with E-state index in [1.54, 1.807) is 6.92 Å². The van der Waals surface area contributed by atoms with Gasteiger partial charge in [0.15, 0.2) is 9.84 Å². The van der Waals surface area contributed by atoms with Gasteiger partial charge in [-0.15, -0.1) is 0 Å². The van der Waals surface area contributed by atoms with Crippen molar-refractivity contribution in [2.24, 2.45) is 0 Å². The van der Waals surface area contributed by atoms with Crippen molar-refractivity contribution >= 4 is 9.84 Å². The maximum atomic E-state index is 13.6. The fraction of sp³-hybridized carbons (Fsp3) is 0.455. The molecular formula is C11H13FO3S. The summed E-state index contributed by atoms with van der Waals surface area (Å²) in [4.78, 5) is 0.0872. The minimum atomic E-state index is -3.38. The van der Waals surface area contributed by atoms with E-state index >= 15 is 0 Å². The van der Waals surface area contributed by atoms with Gasteiger partial charge in [-0.3, -0.25) is 0 Å². The van der Waals surface area contributed by atoms with Gasteiger partial charge >= 0.3 is 0 Å². The average Bonchev–Trinajstić information content (AvgIpc) is 2.81. The molecule has 0 saturated heterocycles. The Morgan fingerprint density at radius 3 is 2.38 bits per heavy atom. The molecule has 0 spiro atoms. The highest BCUT2D eigenvalue weighted by Crippen LogP contribution is 2.47. The van der Waals surface area contributed by atoms with Crippen LogP contribution in [0.1, 0.15) is 24.0 Å². The Hall–Kier alpha value is -0.940. The summed E-state index contributed by atoms with van der Waals surface area (Å²) in [7, 11) is -3.38. The number of rotatable bonds is 2. The minimum Gasteiger partial charge on any atom is -0.385 e. The van der Waals surface area contributed by atoms with Gasteiger partial charge in [-0.1, -0.05) is 0 Å². The second kappa shape index (κ2) is 3.28. The minimum absolute atomic E-state index is 0.0872. The Morgan fingerprint density at radius 2 is 1.94 bits per heavy atom. The second-order valence-electron chi connectivity index (χ2n) is 4.40. The van der Waals surface area contributed by atoms with Crippen LogP contribution in [0.5, 0.6) is 0 Å². The summed E-state index contributed by atoms with van der Waals surface area (Å²) >= 11 is 0. The molecule has 1 N–H and O–H groups in total. The van der Waals surface area contributed by atoms with E-state index in [-0.39, 0.29) is 10.5 Å². The fourth-order valence-corrected chi connectivity index (χ4v) is 2.77. The quantitative estimate of drug-likeness (QED) is 0.802. The summed E-state index contributed by atoms with van der Waals surface area (Å²) in [6.07, 6.45) is 2.04. The molecule has 16 heavy (non-hydrogen) atoms. The van der Waals surface area contributed by atoms with Gasteiger partial charge in [-0.2, -0.15) is 0 Å². The molecule has 2 rings (SSSR count). The highest BCUT2D eigenvalue weighted by molar-refractivity contribution is 7.90.